The third-order valence-electron chi connectivity index (χ3n) is 10.6. The van der Waals surface area contributed by atoms with Gasteiger partial charge in [-0.3, -0.25) is 0 Å². The Morgan fingerprint density at radius 1 is 0.286 bits per heavy atom. The number of hydrogen-bond acceptors (Lipinski definition) is 1. The van der Waals surface area contributed by atoms with Crippen LogP contribution in [0, 0.1) is 0 Å². The highest BCUT2D eigenvalue weighted by Gasteiger charge is 2.21. The van der Waals surface area contributed by atoms with E-state index >= 15 is 0 Å². The number of benzene rings is 10. The highest BCUT2D eigenvalue weighted by Crippen LogP contribution is 2.48. The lowest BCUT2D eigenvalue weighted by Crippen LogP contribution is -1.92. The first kappa shape index (κ1) is 26.6. The first-order valence-corrected chi connectivity index (χ1v) is 16.9. The van der Waals surface area contributed by atoms with Crippen LogP contribution < -0.4 is 0 Å². The molecule has 0 aliphatic carbocycles. The topological polar surface area (TPSA) is 13.1 Å². The highest BCUT2D eigenvalue weighted by atomic mass is 16.3. The van der Waals surface area contributed by atoms with E-state index in [9.17, 15) is 0 Å². The molecule has 1 aromatic heterocycles. The number of rotatable bonds is 3. The molecule has 0 saturated heterocycles. The largest absolute Gasteiger partial charge is 0.456 e. The van der Waals surface area contributed by atoms with E-state index in [1.54, 1.807) is 0 Å². The van der Waals surface area contributed by atoms with Crippen LogP contribution in [0.15, 0.2) is 174 Å². The van der Waals surface area contributed by atoms with Crippen LogP contribution in [0.3, 0.4) is 0 Å². The van der Waals surface area contributed by atoms with Crippen molar-refractivity contribution in [3.63, 3.8) is 0 Å². The number of furan rings is 1. The molecule has 0 N–H and O–H groups in total. The molecule has 0 bridgehead atoms. The summed E-state index contributed by atoms with van der Waals surface area (Å²) in [4.78, 5) is 0. The summed E-state index contributed by atoms with van der Waals surface area (Å²) in [5.41, 5.74) is 9.34. The lowest BCUT2D eigenvalue weighted by atomic mass is 9.83. The van der Waals surface area contributed by atoms with E-state index in [0.717, 1.165) is 11.2 Å². The molecular formula is C48H28O. The molecule has 0 aliphatic heterocycles. The summed E-state index contributed by atoms with van der Waals surface area (Å²) >= 11 is 0. The lowest BCUT2D eigenvalue weighted by molar-refractivity contribution is 0.669. The van der Waals surface area contributed by atoms with Crippen LogP contribution >= 0.6 is 0 Å². The van der Waals surface area contributed by atoms with Gasteiger partial charge in [0.15, 0.2) is 0 Å². The number of fused-ring (bicyclic) bond motifs is 5. The quantitative estimate of drug-likeness (QED) is 0.141. The predicted molar refractivity (Wildman–Crippen MR) is 209 cm³/mol. The van der Waals surface area contributed by atoms with Crippen molar-refractivity contribution in [2.24, 2.45) is 0 Å². The molecule has 11 rings (SSSR count). The Morgan fingerprint density at radius 2 is 0.857 bits per heavy atom. The summed E-state index contributed by atoms with van der Waals surface area (Å²) in [6.07, 6.45) is 0. The van der Waals surface area contributed by atoms with E-state index in [0.29, 0.717) is 0 Å². The maximum atomic E-state index is 6.35. The van der Waals surface area contributed by atoms with Crippen LogP contribution in [0.1, 0.15) is 0 Å². The minimum absolute atomic E-state index is 0.939. The molecule has 0 atom stereocenters. The predicted octanol–water partition coefficient (Wildman–Crippen LogP) is 13.8. The zero-order valence-corrected chi connectivity index (χ0v) is 26.6. The highest BCUT2D eigenvalue weighted by molar-refractivity contribution is 6.29. The van der Waals surface area contributed by atoms with Crippen LogP contribution in [0.5, 0.6) is 0 Å². The third kappa shape index (κ3) is 3.76. The average molecular weight is 621 g/mol. The van der Waals surface area contributed by atoms with Gasteiger partial charge in [0.25, 0.3) is 0 Å². The summed E-state index contributed by atoms with van der Waals surface area (Å²) in [7, 11) is 0. The second-order valence-electron chi connectivity index (χ2n) is 13.2. The standard InChI is InChI=1S/C48H28O/c1-2-15-34-29(10-1)22-23-30-11-8-20-35(44(30)34)32-13-7-14-33(28-32)45-36-16-3-5-18-38(36)47(39-19-6-4-17-37(39)45)40-26-27-43-48-41(40)25-24-31-12-9-21-42(49-43)46(31)48/h1-28H. The summed E-state index contributed by atoms with van der Waals surface area (Å²) < 4.78 is 6.35. The maximum absolute atomic E-state index is 6.35. The second-order valence-corrected chi connectivity index (χ2v) is 13.2. The van der Waals surface area contributed by atoms with Gasteiger partial charge in [0.05, 0.1) is 0 Å². The Morgan fingerprint density at radius 3 is 1.65 bits per heavy atom. The molecule has 0 radical (unpaired) electrons. The van der Waals surface area contributed by atoms with Crippen molar-refractivity contribution in [1.82, 2.24) is 0 Å². The van der Waals surface area contributed by atoms with Gasteiger partial charge >= 0.3 is 0 Å². The molecule has 1 nitrogen and oxygen atoms in total. The van der Waals surface area contributed by atoms with E-state index in [4.69, 9.17) is 4.42 Å². The fourth-order valence-corrected chi connectivity index (χ4v) is 8.54. The molecule has 49 heavy (non-hydrogen) atoms. The first-order valence-electron chi connectivity index (χ1n) is 16.9. The number of hydrogen-bond donors (Lipinski definition) is 0. The van der Waals surface area contributed by atoms with E-state index in [2.05, 4.69) is 170 Å². The van der Waals surface area contributed by atoms with Crippen LogP contribution in [0.4, 0.5) is 0 Å². The minimum atomic E-state index is 0.939. The van der Waals surface area contributed by atoms with E-state index in [-0.39, 0.29) is 0 Å². The SMILES string of the molecule is c1cc(-c2c3ccccc3c(-c3ccc4oc5cccc6ccc3c4c65)c3ccccc23)cc(-c2cccc3ccc4ccccc4c23)c1. The molecule has 0 unspecified atom stereocenters. The Hall–Kier alpha value is -6.44. The Kier molecular flexibility index (Phi) is 5.45. The normalized spacial score (nSPS) is 12.1. The smallest absolute Gasteiger partial charge is 0.136 e. The zero-order chi connectivity index (χ0) is 32.1. The lowest BCUT2D eigenvalue weighted by Gasteiger charge is -2.19. The molecule has 1 heteroatoms. The molecule has 226 valence electrons. The Balaban J connectivity index is 1.20. The maximum Gasteiger partial charge on any atom is 0.136 e. The summed E-state index contributed by atoms with van der Waals surface area (Å²) in [5.74, 6) is 0. The molecule has 1 heterocycles. The van der Waals surface area contributed by atoms with Gasteiger partial charge in [0.2, 0.25) is 0 Å². The van der Waals surface area contributed by atoms with Crippen LogP contribution in [-0.4, -0.2) is 0 Å². The summed E-state index contributed by atoms with van der Waals surface area (Å²) in [6, 6.07) is 62.2. The molecule has 0 amide bonds. The van der Waals surface area contributed by atoms with Crippen LogP contribution in [0.2, 0.25) is 0 Å². The van der Waals surface area contributed by atoms with Gasteiger partial charge in [0.1, 0.15) is 11.2 Å². The van der Waals surface area contributed by atoms with Crippen molar-refractivity contribution in [3.05, 3.63) is 170 Å². The van der Waals surface area contributed by atoms with Crippen molar-refractivity contribution in [2.45, 2.75) is 0 Å². The van der Waals surface area contributed by atoms with Gasteiger partial charge in [-0.2, -0.15) is 0 Å². The van der Waals surface area contributed by atoms with Gasteiger partial charge < -0.3 is 4.42 Å². The fourth-order valence-electron chi connectivity index (χ4n) is 8.54. The molecule has 0 spiro atoms. The molecule has 0 fully saturated rings. The van der Waals surface area contributed by atoms with E-state index in [1.807, 2.05) is 0 Å². The zero-order valence-electron chi connectivity index (χ0n) is 26.6. The van der Waals surface area contributed by atoms with Crippen molar-refractivity contribution in [2.75, 3.05) is 0 Å². The van der Waals surface area contributed by atoms with Gasteiger partial charge in [-0.05, 0) is 112 Å². The minimum Gasteiger partial charge on any atom is -0.456 e. The Labute approximate surface area is 282 Å². The molecule has 0 aliphatic rings. The summed E-state index contributed by atoms with van der Waals surface area (Å²) in [6.45, 7) is 0. The second kappa shape index (κ2) is 10.0. The molecule has 10 aromatic carbocycles. The van der Waals surface area contributed by atoms with Crippen molar-refractivity contribution in [1.29, 1.82) is 0 Å². The molecular weight excluding hydrogens is 593 g/mol. The van der Waals surface area contributed by atoms with Crippen molar-refractivity contribution in [3.8, 4) is 33.4 Å². The molecule has 0 saturated carbocycles. The monoisotopic (exact) mass is 620 g/mol. The van der Waals surface area contributed by atoms with Crippen molar-refractivity contribution >= 4 is 75.8 Å². The van der Waals surface area contributed by atoms with Gasteiger partial charge in [0, 0.05) is 10.8 Å². The average Bonchev–Trinajstić information content (AvgIpc) is 3.56. The van der Waals surface area contributed by atoms with E-state index in [1.165, 1.54) is 98.0 Å². The van der Waals surface area contributed by atoms with Gasteiger partial charge in [-0.15, -0.1) is 0 Å². The van der Waals surface area contributed by atoms with Gasteiger partial charge in [-0.25, -0.2) is 0 Å². The first-order chi connectivity index (χ1) is 24.3. The van der Waals surface area contributed by atoms with Crippen molar-refractivity contribution < 1.29 is 4.42 Å². The fraction of sp³-hybridized carbons (Fsp3) is 0. The third-order valence-corrected chi connectivity index (χ3v) is 10.6. The van der Waals surface area contributed by atoms with Crippen LogP contribution in [-0.2, 0) is 0 Å². The van der Waals surface area contributed by atoms with Gasteiger partial charge in [-0.1, -0.05) is 146 Å². The molecule has 11 aromatic rings. The Bertz CT molecular complexity index is 3050. The van der Waals surface area contributed by atoms with E-state index < -0.39 is 0 Å². The summed E-state index contributed by atoms with van der Waals surface area (Å²) in [5, 5.41) is 15.0. The van der Waals surface area contributed by atoms with Crippen LogP contribution in [0.25, 0.3) is 109 Å².